The van der Waals surface area contributed by atoms with Gasteiger partial charge in [0.25, 0.3) is 0 Å². The van der Waals surface area contributed by atoms with Crippen molar-refractivity contribution in [3.8, 4) is 0 Å². The third kappa shape index (κ3) is 4.51. The van der Waals surface area contributed by atoms with Crippen molar-refractivity contribution in [2.45, 2.75) is 18.9 Å². The molecule has 0 aliphatic carbocycles. The second-order valence-corrected chi connectivity index (χ2v) is 5.16. The minimum atomic E-state index is -0.491. The molecule has 1 aliphatic heterocycles. The molecular weight excluding hydrogens is 296 g/mol. The van der Waals surface area contributed by atoms with E-state index in [-0.39, 0.29) is 12.6 Å². The van der Waals surface area contributed by atoms with Gasteiger partial charge in [0.2, 0.25) is 6.29 Å². The van der Waals surface area contributed by atoms with Crippen molar-refractivity contribution in [2.24, 2.45) is 0 Å². The van der Waals surface area contributed by atoms with Gasteiger partial charge in [0.05, 0.1) is 24.9 Å². The van der Waals surface area contributed by atoms with Gasteiger partial charge in [0, 0.05) is 6.20 Å². The van der Waals surface area contributed by atoms with E-state index in [0.717, 1.165) is 11.3 Å². The molecule has 6 heteroatoms. The topological polar surface area (TPSA) is 69.7 Å². The van der Waals surface area contributed by atoms with E-state index >= 15 is 0 Å². The first-order chi connectivity index (χ1) is 11.3. The predicted octanol–water partition coefficient (Wildman–Crippen LogP) is 2.42. The van der Waals surface area contributed by atoms with Gasteiger partial charge in [-0.05, 0) is 17.7 Å². The Labute approximate surface area is 134 Å². The number of carbonyl (C=O) groups excluding carboxylic acids is 1. The van der Waals surface area contributed by atoms with E-state index in [0.29, 0.717) is 13.2 Å². The van der Waals surface area contributed by atoms with Crippen molar-refractivity contribution >= 4 is 6.09 Å². The van der Waals surface area contributed by atoms with Crippen LogP contribution in [0.4, 0.5) is 4.79 Å². The van der Waals surface area contributed by atoms with Gasteiger partial charge in [0.1, 0.15) is 6.61 Å². The fraction of sp³-hybridized carbons (Fsp3) is 0.294. The first-order valence-electron chi connectivity index (χ1n) is 7.42. The van der Waals surface area contributed by atoms with E-state index in [1.807, 2.05) is 48.5 Å². The molecule has 1 N–H and O–H groups in total. The largest absolute Gasteiger partial charge is 0.445 e. The smallest absolute Gasteiger partial charge is 0.407 e. The number of hydrogen-bond acceptors (Lipinski definition) is 5. The van der Waals surface area contributed by atoms with Crippen LogP contribution in [0.25, 0.3) is 0 Å². The maximum atomic E-state index is 11.8. The monoisotopic (exact) mass is 314 g/mol. The van der Waals surface area contributed by atoms with Crippen LogP contribution in [0.5, 0.6) is 0 Å². The van der Waals surface area contributed by atoms with Crippen LogP contribution < -0.4 is 5.32 Å². The third-order valence-corrected chi connectivity index (χ3v) is 3.36. The van der Waals surface area contributed by atoms with Crippen LogP contribution in [0.1, 0.15) is 17.5 Å². The lowest BCUT2D eigenvalue weighted by molar-refractivity contribution is -0.195. The molecule has 6 nitrogen and oxygen atoms in total. The summed E-state index contributed by atoms with van der Waals surface area (Å²) in [7, 11) is 0. The lowest BCUT2D eigenvalue weighted by Gasteiger charge is -2.29. The second-order valence-electron chi connectivity index (χ2n) is 5.16. The summed E-state index contributed by atoms with van der Waals surface area (Å²) in [6.45, 7) is 0.932. The van der Waals surface area contributed by atoms with E-state index in [9.17, 15) is 4.79 Å². The highest BCUT2D eigenvalue weighted by molar-refractivity contribution is 5.67. The lowest BCUT2D eigenvalue weighted by atomic mass is 10.2. The molecule has 0 atom stereocenters. The molecular formula is C17H18N2O4. The first kappa shape index (κ1) is 15.5. The fourth-order valence-corrected chi connectivity index (χ4v) is 2.20. The molecule has 2 heterocycles. The summed E-state index contributed by atoms with van der Waals surface area (Å²) in [6.07, 6.45) is 0.713. The van der Waals surface area contributed by atoms with Gasteiger partial charge in [0.15, 0.2) is 0 Å². The highest BCUT2D eigenvalue weighted by atomic mass is 16.7. The number of benzene rings is 1. The van der Waals surface area contributed by atoms with Crippen LogP contribution >= 0.6 is 0 Å². The van der Waals surface area contributed by atoms with Crippen molar-refractivity contribution in [1.82, 2.24) is 10.3 Å². The molecule has 0 unspecified atom stereocenters. The van der Waals surface area contributed by atoms with E-state index in [2.05, 4.69) is 10.3 Å². The van der Waals surface area contributed by atoms with Gasteiger partial charge in [-0.3, -0.25) is 4.98 Å². The Kier molecular flexibility index (Phi) is 5.18. The first-order valence-corrected chi connectivity index (χ1v) is 7.42. The molecule has 23 heavy (non-hydrogen) atoms. The molecule has 2 aromatic rings. The molecule has 0 spiro atoms. The van der Waals surface area contributed by atoms with Crippen LogP contribution in [0, 0.1) is 0 Å². The van der Waals surface area contributed by atoms with Gasteiger partial charge in [-0.1, -0.05) is 36.4 Å². The zero-order valence-electron chi connectivity index (χ0n) is 12.6. The SMILES string of the molecule is O=C(NC1COC(c2ccccn2)OC1)OCc1ccccc1. The quantitative estimate of drug-likeness (QED) is 0.938. The third-order valence-electron chi connectivity index (χ3n) is 3.36. The average molecular weight is 314 g/mol. The minimum Gasteiger partial charge on any atom is -0.445 e. The summed E-state index contributed by atoms with van der Waals surface area (Å²) < 4.78 is 16.3. The Balaban J connectivity index is 1.41. The summed E-state index contributed by atoms with van der Waals surface area (Å²) in [5.41, 5.74) is 1.66. The highest BCUT2D eigenvalue weighted by Crippen LogP contribution is 2.20. The summed E-state index contributed by atoms with van der Waals surface area (Å²) in [5, 5.41) is 2.73. The van der Waals surface area contributed by atoms with Gasteiger partial charge in [-0.15, -0.1) is 0 Å². The molecule has 1 aliphatic rings. The van der Waals surface area contributed by atoms with E-state index in [1.165, 1.54) is 0 Å². The van der Waals surface area contributed by atoms with E-state index < -0.39 is 12.4 Å². The molecule has 1 aromatic carbocycles. The van der Waals surface area contributed by atoms with Crippen molar-refractivity contribution in [3.05, 3.63) is 66.0 Å². The number of nitrogens with zero attached hydrogens (tertiary/aromatic N) is 1. The van der Waals surface area contributed by atoms with Crippen LogP contribution in [0.2, 0.25) is 0 Å². The standard InChI is InChI=1S/C17H18N2O4/c20-17(23-10-13-6-2-1-3-7-13)19-14-11-21-16(22-12-14)15-8-4-5-9-18-15/h1-9,14,16H,10-12H2,(H,19,20). The normalized spacial score (nSPS) is 20.7. The molecule has 1 amide bonds. The number of alkyl carbamates (subject to hydrolysis) is 1. The van der Waals surface area contributed by atoms with Gasteiger partial charge >= 0.3 is 6.09 Å². The maximum absolute atomic E-state index is 11.8. The molecule has 0 saturated carbocycles. The average Bonchev–Trinajstić information content (AvgIpc) is 2.62. The van der Waals surface area contributed by atoms with Crippen LogP contribution in [-0.2, 0) is 20.8 Å². The molecule has 1 saturated heterocycles. The van der Waals surface area contributed by atoms with Crippen molar-refractivity contribution in [2.75, 3.05) is 13.2 Å². The number of aromatic nitrogens is 1. The van der Waals surface area contributed by atoms with E-state index in [4.69, 9.17) is 14.2 Å². The number of nitrogens with one attached hydrogen (secondary N) is 1. The number of carbonyl (C=O) groups is 1. The Bertz CT molecular complexity index is 613. The van der Waals surface area contributed by atoms with Crippen molar-refractivity contribution < 1.29 is 19.0 Å². The Hall–Kier alpha value is -2.44. The number of ether oxygens (including phenoxy) is 3. The molecule has 0 bridgehead atoms. The van der Waals surface area contributed by atoms with E-state index in [1.54, 1.807) is 6.20 Å². The number of rotatable bonds is 4. The van der Waals surface area contributed by atoms with Crippen LogP contribution in [0.15, 0.2) is 54.7 Å². The molecule has 1 aromatic heterocycles. The summed E-state index contributed by atoms with van der Waals surface area (Å²) >= 11 is 0. The minimum absolute atomic E-state index is 0.234. The van der Waals surface area contributed by atoms with Crippen molar-refractivity contribution in [3.63, 3.8) is 0 Å². The Morgan fingerprint density at radius 1 is 1.13 bits per heavy atom. The second kappa shape index (κ2) is 7.71. The van der Waals surface area contributed by atoms with Gasteiger partial charge in [-0.2, -0.15) is 0 Å². The molecule has 3 rings (SSSR count). The Morgan fingerprint density at radius 2 is 1.87 bits per heavy atom. The number of pyridine rings is 1. The summed E-state index contributed by atoms with van der Waals surface area (Å²) in [6, 6.07) is 14.8. The Morgan fingerprint density at radius 3 is 2.57 bits per heavy atom. The van der Waals surface area contributed by atoms with Crippen molar-refractivity contribution in [1.29, 1.82) is 0 Å². The summed E-state index contributed by atoms with van der Waals surface area (Å²) in [4.78, 5) is 16.0. The molecule has 0 radical (unpaired) electrons. The molecule has 1 fully saturated rings. The zero-order valence-corrected chi connectivity index (χ0v) is 12.6. The number of hydrogen-bond donors (Lipinski definition) is 1. The van der Waals surface area contributed by atoms with Gasteiger partial charge in [-0.25, -0.2) is 4.79 Å². The van der Waals surface area contributed by atoms with Gasteiger partial charge < -0.3 is 19.5 Å². The lowest BCUT2D eigenvalue weighted by Crippen LogP contribution is -2.45. The van der Waals surface area contributed by atoms with Crippen LogP contribution in [0.3, 0.4) is 0 Å². The van der Waals surface area contributed by atoms with Crippen LogP contribution in [-0.4, -0.2) is 30.3 Å². The summed E-state index contributed by atoms with van der Waals surface area (Å²) in [5.74, 6) is 0. The number of amides is 1. The highest BCUT2D eigenvalue weighted by Gasteiger charge is 2.25. The molecule has 120 valence electrons. The predicted molar refractivity (Wildman–Crippen MR) is 82.4 cm³/mol. The fourth-order valence-electron chi connectivity index (χ4n) is 2.20. The zero-order chi connectivity index (χ0) is 15.9. The maximum Gasteiger partial charge on any atom is 0.407 e.